The van der Waals surface area contributed by atoms with Crippen molar-refractivity contribution in [1.82, 2.24) is 19.6 Å². The predicted octanol–water partition coefficient (Wildman–Crippen LogP) is 3.00. The zero-order valence-corrected chi connectivity index (χ0v) is 15.0. The summed E-state index contributed by atoms with van der Waals surface area (Å²) in [5, 5.41) is 11.5. The standard InChI is InChI=1S/C18H14N6O2S/c1-11-7-8-19-18-22-15(23-24(11)18)17(26)21-13-5-2-4-12(10-13)20-16(25)14-6-3-9-27-14/h2-10H,1H3,(H,20,25)(H,21,26). The van der Waals surface area contributed by atoms with Gasteiger partial charge >= 0.3 is 0 Å². The van der Waals surface area contributed by atoms with Crippen LogP contribution in [0.3, 0.4) is 0 Å². The maximum atomic E-state index is 12.5. The highest BCUT2D eigenvalue weighted by Crippen LogP contribution is 2.18. The Labute approximate surface area is 157 Å². The number of amides is 2. The average Bonchev–Trinajstić information content (AvgIpc) is 3.32. The summed E-state index contributed by atoms with van der Waals surface area (Å²) >= 11 is 1.36. The zero-order chi connectivity index (χ0) is 18.8. The third kappa shape index (κ3) is 3.53. The van der Waals surface area contributed by atoms with Crippen LogP contribution in [-0.2, 0) is 0 Å². The van der Waals surface area contributed by atoms with Crippen molar-refractivity contribution < 1.29 is 9.59 Å². The van der Waals surface area contributed by atoms with Gasteiger partial charge in [-0.2, -0.15) is 4.98 Å². The minimum Gasteiger partial charge on any atom is -0.321 e. The summed E-state index contributed by atoms with van der Waals surface area (Å²) in [6.07, 6.45) is 1.61. The molecule has 9 heteroatoms. The molecule has 0 fully saturated rings. The Bertz CT molecular complexity index is 1140. The molecule has 0 bridgehead atoms. The molecule has 0 saturated carbocycles. The van der Waals surface area contributed by atoms with E-state index < -0.39 is 5.91 Å². The van der Waals surface area contributed by atoms with E-state index in [2.05, 4.69) is 25.7 Å². The van der Waals surface area contributed by atoms with Crippen LogP contribution in [0.4, 0.5) is 11.4 Å². The molecule has 3 aromatic heterocycles. The molecule has 4 aromatic rings. The van der Waals surface area contributed by atoms with E-state index >= 15 is 0 Å². The van der Waals surface area contributed by atoms with E-state index in [1.807, 2.05) is 18.4 Å². The van der Waals surface area contributed by atoms with E-state index in [4.69, 9.17) is 0 Å². The van der Waals surface area contributed by atoms with E-state index in [0.717, 1.165) is 5.69 Å². The topological polar surface area (TPSA) is 101 Å². The number of benzene rings is 1. The fourth-order valence-corrected chi connectivity index (χ4v) is 3.08. The molecule has 27 heavy (non-hydrogen) atoms. The van der Waals surface area contributed by atoms with Gasteiger partial charge in [0.2, 0.25) is 5.82 Å². The summed E-state index contributed by atoms with van der Waals surface area (Å²) in [4.78, 5) is 33.4. The number of nitrogens with one attached hydrogen (secondary N) is 2. The molecule has 0 atom stereocenters. The number of hydrogen-bond donors (Lipinski definition) is 2. The summed E-state index contributed by atoms with van der Waals surface area (Å²) in [6, 6.07) is 12.2. The van der Waals surface area contributed by atoms with Crippen LogP contribution in [0.15, 0.2) is 54.0 Å². The monoisotopic (exact) mass is 378 g/mol. The van der Waals surface area contributed by atoms with Crippen LogP contribution in [0.25, 0.3) is 5.78 Å². The molecule has 0 spiro atoms. The van der Waals surface area contributed by atoms with Gasteiger partial charge in [0.25, 0.3) is 17.6 Å². The summed E-state index contributed by atoms with van der Waals surface area (Å²) in [7, 11) is 0. The van der Waals surface area contributed by atoms with Gasteiger partial charge in [-0.25, -0.2) is 9.50 Å². The first kappa shape index (κ1) is 16.9. The highest BCUT2D eigenvalue weighted by Gasteiger charge is 2.15. The minimum atomic E-state index is -0.457. The van der Waals surface area contributed by atoms with Crippen molar-refractivity contribution in [1.29, 1.82) is 0 Å². The fraction of sp³-hybridized carbons (Fsp3) is 0.0556. The Balaban J connectivity index is 1.51. The van der Waals surface area contributed by atoms with Crippen LogP contribution in [-0.4, -0.2) is 31.4 Å². The zero-order valence-electron chi connectivity index (χ0n) is 14.2. The smallest absolute Gasteiger partial charge is 0.295 e. The van der Waals surface area contributed by atoms with Gasteiger partial charge in [-0.3, -0.25) is 9.59 Å². The maximum Gasteiger partial charge on any atom is 0.295 e. The van der Waals surface area contributed by atoms with Crippen molar-refractivity contribution in [3.8, 4) is 0 Å². The summed E-state index contributed by atoms with van der Waals surface area (Å²) in [5.74, 6) is -0.277. The van der Waals surface area contributed by atoms with Gasteiger partial charge in [-0.1, -0.05) is 12.1 Å². The third-order valence-electron chi connectivity index (χ3n) is 3.76. The number of anilines is 2. The Kier molecular flexibility index (Phi) is 4.35. The number of thiophene rings is 1. The predicted molar refractivity (Wildman–Crippen MR) is 102 cm³/mol. The van der Waals surface area contributed by atoms with Gasteiger partial charge in [-0.15, -0.1) is 16.4 Å². The van der Waals surface area contributed by atoms with Crippen LogP contribution < -0.4 is 10.6 Å². The van der Waals surface area contributed by atoms with Crippen LogP contribution in [0, 0.1) is 6.92 Å². The van der Waals surface area contributed by atoms with E-state index in [-0.39, 0.29) is 11.7 Å². The van der Waals surface area contributed by atoms with Crippen molar-refractivity contribution in [2.24, 2.45) is 0 Å². The molecule has 0 aliphatic rings. The van der Waals surface area contributed by atoms with Gasteiger partial charge in [-0.05, 0) is 42.6 Å². The lowest BCUT2D eigenvalue weighted by atomic mass is 10.2. The van der Waals surface area contributed by atoms with Gasteiger partial charge in [0.15, 0.2) is 0 Å². The van der Waals surface area contributed by atoms with Gasteiger partial charge in [0, 0.05) is 23.3 Å². The number of carbonyl (C=O) groups is 2. The second-order valence-corrected chi connectivity index (χ2v) is 6.65. The molecule has 134 valence electrons. The first-order valence-corrected chi connectivity index (χ1v) is 8.93. The Morgan fingerprint density at radius 3 is 2.52 bits per heavy atom. The lowest BCUT2D eigenvalue weighted by Crippen LogP contribution is -2.15. The van der Waals surface area contributed by atoms with Crippen molar-refractivity contribution in [3.63, 3.8) is 0 Å². The van der Waals surface area contributed by atoms with E-state index in [1.165, 1.54) is 15.9 Å². The molecule has 2 N–H and O–H groups in total. The minimum absolute atomic E-state index is 0.0184. The lowest BCUT2D eigenvalue weighted by molar-refractivity contribution is 0.101. The maximum absolute atomic E-state index is 12.5. The Morgan fingerprint density at radius 2 is 1.81 bits per heavy atom. The molecule has 1 aromatic carbocycles. The molecule has 0 saturated heterocycles. The average molecular weight is 378 g/mol. The summed E-state index contributed by atoms with van der Waals surface area (Å²) < 4.78 is 1.51. The highest BCUT2D eigenvalue weighted by atomic mass is 32.1. The Hall–Kier alpha value is -3.59. The molecular weight excluding hydrogens is 364 g/mol. The number of carbonyl (C=O) groups excluding carboxylic acids is 2. The third-order valence-corrected chi connectivity index (χ3v) is 4.62. The number of aromatic nitrogens is 4. The van der Waals surface area contributed by atoms with Gasteiger partial charge < -0.3 is 10.6 Å². The first-order chi connectivity index (χ1) is 13.1. The van der Waals surface area contributed by atoms with Crippen LogP contribution in [0.5, 0.6) is 0 Å². The van der Waals surface area contributed by atoms with E-state index in [9.17, 15) is 9.59 Å². The van der Waals surface area contributed by atoms with Crippen LogP contribution >= 0.6 is 11.3 Å². The number of aryl methyl sites for hydroxylation is 1. The molecule has 8 nitrogen and oxygen atoms in total. The number of fused-ring (bicyclic) bond motifs is 1. The number of rotatable bonds is 4. The van der Waals surface area contributed by atoms with Crippen molar-refractivity contribution in [2.75, 3.05) is 10.6 Å². The lowest BCUT2D eigenvalue weighted by Gasteiger charge is -2.07. The molecule has 0 radical (unpaired) electrons. The van der Waals surface area contributed by atoms with E-state index in [0.29, 0.717) is 22.0 Å². The molecule has 2 amide bonds. The van der Waals surface area contributed by atoms with E-state index in [1.54, 1.807) is 42.6 Å². The number of hydrogen-bond acceptors (Lipinski definition) is 6. The molecule has 3 heterocycles. The molecule has 0 aliphatic heterocycles. The SMILES string of the molecule is Cc1ccnc2nc(C(=O)Nc3cccc(NC(=O)c4cccs4)c3)nn12. The number of nitrogens with zero attached hydrogens (tertiary/aromatic N) is 4. The van der Waals surface area contributed by atoms with Gasteiger partial charge in [0.05, 0.1) is 4.88 Å². The summed E-state index contributed by atoms with van der Waals surface area (Å²) in [6.45, 7) is 1.85. The molecular formula is C18H14N6O2S. The normalized spacial score (nSPS) is 10.7. The molecule has 4 rings (SSSR count). The van der Waals surface area contributed by atoms with Crippen molar-refractivity contribution in [2.45, 2.75) is 6.92 Å². The first-order valence-electron chi connectivity index (χ1n) is 8.05. The summed E-state index contributed by atoms with van der Waals surface area (Å²) in [5.41, 5.74) is 1.92. The quantitative estimate of drug-likeness (QED) is 0.568. The largest absolute Gasteiger partial charge is 0.321 e. The van der Waals surface area contributed by atoms with Crippen LogP contribution in [0.2, 0.25) is 0 Å². The molecule has 0 unspecified atom stereocenters. The molecule has 0 aliphatic carbocycles. The van der Waals surface area contributed by atoms with Gasteiger partial charge in [0.1, 0.15) is 0 Å². The van der Waals surface area contributed by atoms with Crippen molar-refractivity contribution in [3.05, 3.63) is 70.4 Å². The second kappa shape index (κ2) is 6.96. The van der Waals surface area contributed by atoms with Crippen molar-refractivity contribution >= 4 is 40.3 Å². The highest BCUT2D eigenvalue weighted by molar-refractivity contribution is 7.12. The Morgan fingerprint density at radius 1 is 1.04 bits per heavy atom. The second-order valence-electron chi connectivity index (χ2n) is 5.70. The fourth-order valence-electron chi connectivity index (χ4n) is 2.46. The van der Waals surface area contributed by atoms with Crippen LogP contribution in [0.1, 0.15) is 26.0 Å².